The van der Waals surface area contributed by atoms with Crippen molar-refractivity contribution in [2.75, 3.05) is 0 Å². The summed E-state index contributed by atoms with van der Waals surface area (Å²) < 4.78 is 3.01. The van der Waals surface area contributed by atoms with Gasteiger partial charge in [-0.15, -0.1) is 0 Å². The van der Waals surface area contributed by atoms with Crippen LogP contribution in [-0.4, -0.2) is 35.5 Å². The maximum atomic E-state index is 3.86. The van der Waals surface area contributed by atoms with E-state index in [2.05, 4.69) is 87.8 Å². The van der Waals surface area contributed by atoms with E-state index >= 15 is 0 Å². The SMILES string of the molecule is C=Cc1ccc([Si](C)CC(CC)N([Si](C)(C)C)[Si](C)(C)C)cc1. The van der Waals surface area contributed by atoms with Crippen molar-refractivity contribution in [3.05, 3.63) is 36.4 Å². The summed E-state index contributed by atoms with van der Waals surface area (Å²) in [6.07, 6.45) is 3.21. The number of hydrogen-bond donors (Lipinski definition) is 0. The van der Waals surface area contributed by atoms with Gasteiger partial charge in [-0.25, -0.2) is 0 Å². The van der Waals surface area contributed by atoms with E-state index in [0.717, 1.165) is 6.04 Å². The number of hydrogen-bond acceptors (Lipinski definition) is 1. The van der Waals surface area contributed by atoms with Crippen LogP contribution in [-0.2, 0) is 0 Å². The summed E-state index contributed by atoms with van der Waals surface area (Å²) in [5, 5.41) is 1.56. The minimum Gasteiger partial charge on any atom is -0.343 e. The molecule has 1 aromatic rings. The molecule has 0 bridgehead atoms. The smallest absolute Gasteiger partial charge is 0.112 e. The van der Waals surface area contributed by atoms with Crippen LogP contribution in [0.5, 0.6) is 0 Å². The largest absolute Gasteiger partial charge is 0.343 e. The molecule has 4 heteroatoms. The molecule has 129 valence electrons. The molecule has 1 radical (unpaired) electrons. The Kier molecular flexibility index (Phi) is 7.26. The van der Waals surface area contributed by atoms with Crippen molar-refractivity contribution in [1.82, 2.24) is 4.23 Å². The molecule has 0 aliphatic heterocycles. The van der Waals surface area contributed by atoms with E-state index in [1.165, 1.54) is 18.0 Å². The van der Waals surface area contributed by atoms with Crippen LogP contribution in [0.4, 0.5) is 0 Å². The van der Waals surface area contributed by atoms with Gasteiger partial charge in [-0.05, 0) is 24.1 Å². The second kappa shape index (κ2) is 8.10. The van der Waals surface area contributed by atoms with Crippen molar-refractivity contribution in [2.24, 2.45) is 0 Å². The molecule has 0 aliphatic rings. The number of rotatable bonds is 8. The molecule has 1 aromatic carbocycles. The first-order chi connectivity index (χ1) is 10.5. The predicted molar refractivity (Wildman–Crippen MR) is 115 cm³/mol. The summed E-state index contributed by atoms with van der Waals surface area (Å²) in [4.78, 5) is 0. The molecule has 0 aliphatic carbocycles. The second-order valence-electron chi connectivity index (χ2n) is 8.58. The van der Waals surface area contributed by atoms with Crippen molar-refractivity contribution >= 4 is 36.5 Å². The molecule has 0 aromatic heterocycles. The molecule has 1 rings (SSSR count). The van der Waals surface area contributed by atoms with Crippen molar-refractivity contribution < 1.29 is 0 Å². The minimum atomic E-state index is -1.29. The highest BCUT2D eigenvalue weighted by molar-refractivity contribution is 6.89. The first-order valence-electron chi connectivity index (χ1n) is 8.85. The van der Waals surface area contributed by atoms with E-state index in [4.69, 9.17) is 0 Å². The van der Waals surface area contributed by atoms with E-state index in [9.17, 15) is 0 Å². The average molecular weight is 363 g/mol. The van der Waals surface area contributed by atoms with Crippen LogP contribution in [0.15, 0.2) is 30.8 Å². The van der Waals surface area contributed by atoms with Crippen LogP contribution in [0.3, 0.4) is 0 Å². The van der Waals surface area contributed by atoms with Gasteiger partial charge in [-0.3, -0.25) is 0 Å². The Balaban J connectivity index is 2.97. The Labute approximate surface area is 148 Å². The summed E-state index contributed by atoms with van der Waals surface area (Å²) in [5.74, 6) is 0. The Morgan fingerprint density at radius 2 is 1.52 bits per heavy atom. The fourth-order valence-corrected chi connectivity index (χ4v) is 17.2. The molecular formula is C19H36NSi3. The van der Waals surface area contributed by atoms with Gasteiger partial charge < -0.3 is 4.23 Å². The number of benzene rings is 1. The number of nitrogens with zero attached hydrogens (tertiary/aromatic N) is 1. The highest BCUT2D eigenvalue weighted by atomic mass is 28.4. The summed E-state index contributed by atoms with van der Waals surface area (Å²) in [5.41, 5.74) is 1.22. The van der Waals surface area contributed by atoms with Crippen molar-refractivity contribution in [2.45, 2.75) is 71.3 Å². The molecule has 0 heterocycles. The molecule has 1 nitrogen and oxygen atoms in total. The third-order valence-corrected chi connectivity index (χ3v) is 14.5. The van der Waals surface area contributed by atoms with Crippen LogP contribution in [0.1, 0.15) is 18.9 Å². The summed E-state index contributed by atoms with van der Waals surface area (Å²) in [7, 11) is -3.08. The normalized spacial score (nSPS) is 14.3. The average Bonchev–Trinajstić information content (AvgIpc) is 2.43. The third kappa shape index (κ3) is 5.85. The maximum Gasteiger partial charge on any atom is 0.112 e. The predicted octanol–water partition coefficient (Wildman–Crippen LogP) is 5.41. The van der Waals surface area contributed by atoms with Gasteiger partial charge in [0.2, 0.25) is 0 Å². The molecule has 0 spiro atoms. The van der Waals surface area contributed by atoms with E-state index in [-0.39, 0.29) is 0 Å². The quantitative estimate of drug-likeness (QED) is 0.559. The van der Waals surface area contributed by atoms with E-state index < -0.39 is 25.3 Å². The van der Waals surface area contributed by atoms with Gasteiger partial charge in [0.15, 0.2) is 0 Å². The first-order valence-corrected chi connectivity index (χ1v) is 18.0. The topological polar surface area (TPSA) is 3.24 Å². The lowest BCUT2D eigenvalue weighted by Crippen LogP contribution is -2.63. The van der Waals surface area contributed by atoms with Crippen LogP contribution < -0.4 is 5.19 Å². The highest BCUT2D eigenvalue weighted by Gasteiger charge is 2.39. The molecule has 1 atom stereocenters. The molecule has 23 heavy (non-hydrogen) atoms. The zero-order chi connectivity index (χ0) is 17.8. The van der Waals surface area contributed by atoms with Crippen LogP contribution in [0.25, 0.3) is 6.08 Å². The van der Waals surface area contributed by atoms with Crippen LogP contribution in [0, 0.1) is 0 Å². The third-order valence-electron chi connectivity index (χ3n) is 4.46. The highest BCUT2D eigenvalue weighted by Crippen LogP contribution is 2.27. The van der Waals surface area contributed by atoms with Gasteiger partial charge in [0.05, 0.1) is 8.80 Å². The molecule has 0 amide bonds. The van der Waals surface area contributed by atoms with Crippen LogP contribution in [0.2, 0.25) is 51.9 Å². The minimum absolute atomic E-state index is 0.498. The van der Waals surface area contributed by atoms with Gasteiger partial charge in [0.25, 0.3) is 0 Å². The Hall–Kier alpha value is -0.429. The Morgan fingerprint density at radius 1 is 1.04 bits per heavy atom. The molecular weight excluding hydrogens is 326 g/mol. The molecule has 0 fully saturated rings. The Morgan fingerprint density at radius 3 is 1.87 bits per heavy atom. The Bertz CT molecular complexity index is 483. The molecule has 0 N–H and O–H groups in total. The van der Waals surface area contributed by atoms with E-state index in [1.54, 1.807) is 5.19 Å². The van der Waals surface area contributed by atoms with E-state index in [1.807, 2.05) is 6.08 Å². The van der Waals surface area contributed by atoms with E-state index in [0.29, 0.717) is 0 Å². The monoisotopic (exact) mass is 362 g/mol. The standard InChI is InChI=1S/C19H36NSi3/c1-10-17-12-14-19(15-13-17)21(3)16-18(11-2)20(22(4,5)6)23(7,8)9/h10,12-15,18H,1,11,16H2,2-9H3. The van der Waals surface area contributed by atoms with Crippen molar-refractivity contribution in [3.8, 4) is 0 Å². The van der Waals surface area contributed by atoms with Gasteiger partial charge in [0, 0.05) is 0 Å². The molecule has 1 unspecified atom stereocenters. The van der Waals surface area contributed by atoms with Crippen molar-refractivity contribution in [1.29, 1.82) is 0 Å². The van der Waals surface area contributed by atoms with Gasteiger partial charge in [-0.2, -0.15) is 0 Å². The lowest BCUT2D eigenvalue weighted by molar-refractivity contribution is 0.457. The van der Waals surface area contributed by atoms with Gasteiger partial charge >= 0.3 is 0 Å². The lowest BCUT2D eigenvalue weighted by Gasteiger charge is -2.49. The maximum absolute atomic E-state index is 3.86. The summed E-state index contributed by atoms with van der Waals surface area (Å²) in [6, 6.07) is 11.2. The first kappa shape index (κ1) is 20.6. The zero-order valence-electron chi connectivity index (χ0n) is 16.5. The molecule has 0 saturated heterocycles. The fourth-order valence-electron chi connectivity index (χ4n) is 3.89. The zero-order valence-corrected chi connectivity index (χ0v) is 19.5. The van der Waals surface area contributed by atoms with Crippen LogP contribution >= 0.6 is 0 Å². The van der Waals surface area contributed by atoms with Gasteiger partial charge in [-0.1, -0.05) is 94.9 Å². The van der Waals surface area contributed by atoms with Crippen molar-refractivity contribution in [3.63, 3.8) is 0 Å². The van der Waals surface area contributed by atoms with Gasteiger partial charge in [0.1, 0.15) is 16.5 Å². The summed E-state index contributed by atoms with van der Waals surface area (Å²) in [6.45, 7) is 23.9. The second-order valence-corrected chi connectivity index (χ2v) is 21.2. The molecule has 0 saturated carbocycles. The lowest BCUT2D eigenvalue weighted by atomic mass is 10.2. The fraction of sp³-hybridized carbons (Fsp3) is 0.579. The summed E-state index contributed by atoms with van der Waals surface area (Å²) >= 11 is 0.